The van der Waals surface area contributed by atoms with E-state index in [1.807, 2.05) is 36.5 Å². The van der Waals surface area contributed by atoms with Crippen LogP contribution in [0.25, 0.3) is 16.9 Å². The van der Waals surface area contributed by atoms with Gasteiger partial charge < -0.3 is 10.6 Å². The molecule has 2 aromatic carbocycles. The smallest absolute Gasteiger partial charge is 0.224 e. The monoisotopic (exact) mass is 378 g/mol. The maximum Gasteiger partial charge on any atom is 0.224 e. The van der Waals surface area contributed by atoms with Crippen molar-refractivity contribution in [1.82, 2.24) is 20.4 Å². The summed E-state index contributed by atoms with van der Waals surface area (Å²) in [6.07, 6.45) is 4.17. The second-order valence-corrected chi connectivity index (χ2v) is 7.08. The van der Waals surface area contributed by atoms with Gasteiger partial charge in [-0.1, -0.05) is 18.2 Å². The minimum absolute atomic E-state index is 0.0235. The van der Waals surface area contributed by atoms with Crippen molar-refractivity contribution in [3.63, 3.8) is 0 Å². The molecule has 1 atom stereocenters. The third-order valence-corrected chi connectivity index (χ3v) is 4.94. The third kappa shape index (κ3) is 4.28. The lowest BCUT2D eigenvalue weighted by Gasteiger charge is -2.23. The van der Waals surface area contributed by atoms with Crippen LogP contribution in [0.3, 0.4) is 0 Å². The Labute approximate surface area is 163 Å². The summed E-state index contributed by atoms with van der Waals surface area (Å²) in [7, 11) is 0. The van der Waals surface area contributed by atoms with Gasteiger partial charge in [0.05, 0.1) is 17.8 Å². The van der Waals surface area contributed by atoms with E-state index in [2.05, 4.69) is 15.7 Å². The van der Waals surface area contributed by atoms with Crippen molar-refractivity contribution < 1.29 is 9.18 Å². The van der Waals surface area contributed by atoms with Gasteiger partial charge in [0, 0.05) is 29.9 Å². The van der Waals surface area contributed by atoms with Crippen molar-refractivity contribution in [1.29, 1.82) is 0 Å². The summed E-state index contributed by atoms with van der Waals surface area (Å²) in [5.74, 6) is -0.319. The molecule has 0 radical (unpaired) electrons. The van der Waals surface area contributed by atoms with E-state index in [1.54, 1.807) is 16.8 Å². The Bertz CT molecular complexity index is 931. The number of para-hydroxylation sites is 1. The van der Waals surface area contributed by atoms with Crippen LogP contribution < -0.4 is 10.6 Å². The second-order valence-electron chi connectivity index (χ2n) is 7.08. The summed E-state index contributed by atoms with van der Waals surface area (Å²) in [5, 5.41) is 11.1. The quantitative estimate of drug-likeness (QED) is 0.717. The molecule has 1 unspecified atom stereocenters. The maximum absolute atomic E-state index is 13.3. The molecule has 1 aliphatic rings. The lowest BCUT2D eigenvalue weighted by atomic mass is 10.0. The number of piperidine rings is 1. The summed E-state index contributed by atoms with van der Waals surface area (Å²) in [6.45, 7) is 1.81. The van der Waals surface area contributed by atoms with Crippen molar-refractivity contribution >= 4 is 5.91 Å². The van der Waals surface area contributed by atoms with Gasteiger partial charge in [-0.3, -0.25) is 4.79 Å². The van der Waals surface area contributed by atoms with Crippen molar-refractivity contribution in [2.75, 3.05) is 13.1 Å². The molecule has 1 aliphatic heterocycles. The van der Waals surface area contributed by atoms with Gasteiger partial charge in [0.15, 0.2) is 0 Å². The molecular formula is C22H23FN4O. The fraction of sp³-hybridized carbons (Fsp3) is 0.273. The topological polar surface area (TPSA) is 59.0 Å². The number of carbonyl (C=O) groups is 1. The number of nitrogens with one attached hydrogen (secondary N) is 2. The number of carbonyl (C=O) groups excluding carboxylic acids is 1. The molecule has 6 heteroatoms. The number of amides is 1. The number of hydrogen-bond acceptors (Lipinski definition) is 3. The molecule has 0 bridgehead atoms. The van der Waals surface area contributed by atoms with Crippen molar-refractivity contribution in [3.8, 4) is 16.9 Å². The van der Waals surface area contributed by atoms with Crippen LogP contribution >= 0.6 is 0 Å². The van der Waals surface area contributed by atoms with Crippen LogP contribution in [0.5, 0.6) is 0 Å². The van der Waals surface area contributed by atoms with Gasteiger partial charge in [0.25, 0.3) is 0 Å². The lowest BCUT2D eigenvalue weighted by molar-refractivity contribution is -0.121. The number of benzene rings is 2. The largest absolute Gasteiger partial charge is 0.352 e. The summed E-state index contributed by atoms with van der Waals surface area (Å²) >= 11 is 0. The van der Waals surface area contributed by atoms with E-state index in [-0.39, 0.29) is 24.2 Å². The Morgan fingerprint density at radius 1 is 1.18 bits per heavy atom. The first-order chi connectivity index (χ1) is 13.7. The number of nitrogens with zero attached hydrogens (tertiary/aromatic N) is 2. The van der Waals surface area contributed by atoms with Gasteiger partial charge in [0.2, 0.25) is 5.91 Å². The van der Waals surface area contributed by atoms with Gasteiger partial charge in [-0.25, -0.2) is 9.07 Å². The van der Waals surface area contributed by atoms with E-state index in [0.29, 0.717) is 5.69 Å². The highest BCUT2D eigenvalue weighted by Gasteiger charge is 2.19. The molecule has 0 aliphatic carbocycles. The lowest BCUT2D eigenvalue weighted by Crippen LogP contribution is -2.46. The molecule has 28 heavy (non-hydrogen) atoms. The second kappa shape index (κ2) is 8.35. The molecule has 3 aromatic rings. The Hall–Kier alpha value is -2.99. The molecule has 0 saturated carbocycles. The highest BCUT2D eigenvalue weighted by atomic mass is 19.1. The van der Waals surface area contributed by atoms with Crippen LogP contribution in [0.4, 0.5) is 4.39 Å². The molecule has 2 N–H and O–H groups in total. The van der Waals surface area contributed by atoms with Crippen LogP contribution in [-0.2, 0) is 11.2 Å². The van der Waals surface area contributed by atoms with E-state index in [1.165, 1.54) is 12.1 Å². The van der Waals surface area contributed by atoms with Crippen molar-refractivity contribution in [2.45, 2.75) is 25.3 Å². The van der Waals surface area contributed by atoms with Gasteiger partial charge in [-0.2, -0.15) is 5.10 Å². The molecule has 1 aromatic heterocycles. The average molecular weight is 378 g/mol. The summed E-state index contributed by atoms with van der Waals surface area (Å²) in [5.41, 5.74) is 3.21. The SMILES string of the molecule is O=C(Cc1cn(-c2ccccc2)nc1-c1ccc(F)cc1)NC1CCCNC1. The van der Waals surface area contributed by atoms with Crippen LogP contribution in [0.15, 0.2) is 60.8 Å². The minimum Gasteiger partial charge on any atom is -0.352 e. The number of aromatic nitrogens is 2. The number of hydrogen-bond donors (Lipinski definition) is 2. The number of rotatable bonds is 5. The Morgan fingerprint density at radius 2 is 1.96 bits per heavy atom. The highest BCUT2D eigenvalue weighted by Crippen LogP contribution is 2.24. The van der Waals surface area contributed by atoms with E-state index < -0.39 is 0 Å². The van der Waals surface area contributed by atoms with E-state index in [0.717, 1.165) is 42.7 Å². The van der Waals surface area contributed by atoms with Crippen molar-refractivity contribution in [3.05, 3.63) is 72.2 Å². The first-order valence-electron chi connectivity index (χ1n) is 9.59. The standard InChI is InChI=1S/C22H23FN4O/c23-18-10-8-16(9-11-18)22-17(13-21(28)25-19-5-4-12-24-14-19)15-27(26-22)20-6-2-1-3-7-20/h1-3,6-11,15,19,24H,4-5,12-14H2,(H,25,28). The summed E-state index contributed by atoms with van der Waals surface area (Å²) < 4.78 is 15.1. The van der Waals surface area contributed by atoms with Gasteiger partial charge in [-0.05, 0) is 55.8 Å². The molecule has 2 heterocycles. The maximum atomic E-state index is 13.3. The van der Waals surface area contributed by atoms with Crippen LogP contribution in [0.1, 0.15) is 18.4 Å². The van der Waals surface area contributed by atoms with Gasteiger partial charge in [-0.15, -0.1) is 0 Å². The van der Waals surface area contributed by atoms with Crippen LogP contribution in [0.2, 0.25) is 0 Å². The van der Waals surface area contributed by atoms with Crippen molar-refractivity contribution in [2.24, 2.45) is 0 Å². The molecule has 4 rings (SSSR count). The fourth-order valence-corrected chi connectivity index (χ4v) is 3.53. The summed E-state index contributed by atoms with van der Waals surface area (Å²) in [4.78, 5) is 12.6. The predicted molar refractivity (Wildman–Crippen MR) is 107 cm³/mol. The summed E-state index contributed by atoms with van der Waals surface area (Å²) in [6, 6.07) is 16.1. The molecule has 144 valence electrons. The van der Waals surface area contributed by atoms with E-state index >= 15 is 0 Å². The molecule has 0 spiro atoms. The molecule has 5 nitrogen and oxygen atoms in total. The van der Waals surface area contributed by atoms with E-state index in [9.17, 15) is 9.18 Å². The van der Waals surface area contributed by atoms with Gasteiger partial charge >= 0.3 is 0 Å². The molecule has 1 saturated heterocycles. The van der Waals surface area contributed by atoms with Crippen LogP contribution in [-0.4, -0.2) is 34.8 Å². The average Bonchev–Trinajstić information content (AvgIpc) is 3.13. The fourth-order valence-electron chi connectivity index (χ4n) is 3.53. The molecular weight excluding hydrogens is 355 g/mol. The van der Waals surface area contributed by atoms with Crippen LogP contribution in [0, 0.1) is 5.82 Å². The zero-order valence-corrected chi connectivity index (χ0v) is 15.6. The minimum atomic E-state index is -0.296. The highest BCUT2D eigenvalue weighted by molar-refractivity contribution is 5.81. The molecule has 1 amide bonds. The van der Waals surface area contributed by atoms with E-state index in [4.69, 9.17) is 0 Å². The first kappa shape index (κ1) is 18.4. The van der Waals surface area contributed by atoms with Gasteiger partial charge in [0.1, 0.15) is 5.82 Å². The zero-order valence-electron chi connectivity index (χ0n) is 15.6. The number of halogens is 1. The first-order valence-corrected chi connectivity index (χ1v) is 9.59. The Kier molecular flexibility index (Phi) is 5.48. The third-order valence-electron chi connectivity index (χ3n) is 4.94. The predicted octanol–water partition coefficient (Wildman–Crippen LogP) is 3.09. The Balaban J connectivity index is 1.61. The zero-order chi connectivity index (χ0) is 19.3. The normalized spacial score (nSPS) is 16.7. The molecule has 1 fully saturated rings. The Morgan fingerprint density at radius 3 is 2.68 bits per heavy atom.